The maximum Gasteiger partial charge on any atom is 0.280 e. The van der Waals surface area contributed by atoms with E-state index in [0.29, 0.717) is 17.0 Å². The van der Waals surface area contributed by atoms with Crippen LogP contribution < -0.4 is 11.1 Å². The summed E-state index contributed by atoms with van der Waals surface area (Å²) < 4.78 is 0. The number of hydrogen-bond acceptors (Lipinski definition) is 5. The summed E-state index contributed by atoms with van der Waals surface area (Å²) in [6.07, 6.45) is 4.14. The van der Waals surface area contributed by atoms with Gasteiger partial charge in [0.05, 0.1) is 4.88 Å². The number of nitrogen functional groups attached to an aromatic ring is 1. The smallest absolute Gasteiger partial charge is 0.280 e. The molecule has 2 bridgehead atoms. The van der Waals surface area contributed by atoms with Gasteiger partial charge in [0.15, 0.2) is 5.01 Å². The highest BCUT2D eigenvalue weighted by atomic mass is 32.1. The Morgan fingerprint density at radius 1 is 1.29 bits per heavy atom. The molecule has 6 heteroatoms. The van der Waals surface area contributed by atoms with Crippen LogP contribution >= 0.6 is 11.3 Å². The number of rotatable bonds is 3. The van der Waals surface area contributed by atoms with Gasteiger partial charge in [-0.2, -0.15) is 0 Å². The normalized spacial score (nSPS) is 28.7. The minimum atomic E-state index is -0.0488. The van der Waals surface area contributed by atoms with E-state index >= 15 is 0 Å². The first kappa shape index (κ1) is 15.6. The average Bonchev–Trinajstić information content (AvgIpc) is 3.09. The van der Waals surface area contributed by atoms with E-state index in [1.807, 2.05) is 24.3 Å². The number of amides is 1. The monoisotopic (exact) mass is 342 g/mol. The first-order valence-corrected chi connectivity index (χ1v) is 9.30. The van der Waals surface area contributed by atoms with Crippen LogP contribution in [0.4, 0.5) is 5.69 Å². The van der Waals surface area contributed by atoms with E-state index in [4.69, 9.17) is 5.73 Å². The van der Waals surface area contributed by atoms with Crippen molar-refractivity contribution >= 4 is 22.9 Å². The van der Waals surface area contributed by atoms with Gasteiger partial charge in [0.1, 0.15) is 0 Å². The number of fused-ring (bicyclic) bond motifs is 3. The molecule has 4 heterocycles. The van der Waals surface area contributed by atoms with E-state index in [9.17, 15) is 4.79 Å². The van der Waals surface area contributed by atoms with Crippen molar-refractivity contribution in [1.29, 1.82) is 0 Å². The lowest BCUT2D eigenvalue weighted by molar-refractivity contribution is 0.0217. The number of nitrogens with zero attached hydrogens (tertiary/aromatic N) is 2. The molecule has 3 aliphatic heterocycles. The molecule has 126 valence electrons. The molecule has 2 aromatic rings. The van der Waals surface area contributed by atoms with Crippen LogP contribution in [0.5, 0.6) is 0 Å². The van der Waals surface area contributed by atoms with Crippen LogP contribution in [0.25, 0.3) is 10.4 Å². The number of thiazole rings is 1. The van der Waals surface area contributed by atoms with Crippen LogP contribution in [0.15, 0.2) is 30.5 Å². The number of nitrogens with two attached hydrogens (primary N) is 1. The van der Waals surface area contributed by atoms with Crippen LogP contribution in [0, 0.1) is 5.92 Å². The molecule has 0 spiro atoms. The van der Waals surface area contributed by atoms with Gasteiger partial charge in [0.2, 0.25) is 0 Å². The van der Waals surface area contributed by atoms with Gasteiger partial charge in [-0.15, -0.1) is 11.3 Å². The fraction of sp³-hybridized carbons (Fsp3) is 0.444. The zero-order valence-corrected chi connectivity index (χ0v) is 14.6. The van der Waals surface area contributed by atoms with Gasteiger partial charge in [0.25, 0.3) is 5.91 Å². The van der Waals surface area contributed by atoms with Gasteiger partial charge in [-0.1, -0.05) is 12.1 Å². The lowest BCUT2D eigenvalue weighted by Gasteiger charge is -2.49. The molecule has 2 unspecified atom stereocenters. The van der Waals surface area contributed by atoms with E-state index in [1.165, 1.54) is 24.2 Å². The molecule has 3 aliphatic rings. The van der Waals surface area contributed by atoms with E-state index < -0.39 is 0 Å². The van der Waals surface area contributed by atoms with Crippen LogP contribution in [0.2, 0.25) is 0 Å². The summed E-state index contributed by atoms with van der Waals surface area (Å²) in [6, 6.07) is 8.30. The lowest BCUT2D eigenvalue weighted by atomic mass is 9.79. The topological polar surface area (TPSA) is 71.2 Å². The van der Waals surface area contributed by atoms with Crippen molar-refractivity contribution in [2.45, 2.75) is 31.8 Å². The summed E-state index contributed by atoms with van der Waals surface area (Å²) in [5.74, 6) is 0.553. The Labute approximate surface area is 145 Å². The molecule has 24 heavy (non-hydrogen) atoms. The minimum absolute atomic E-state index is 0.0488. The summed E-state index contributed by atoms with van der Waals surface area (Å²) in [6.45, 7) is 4.55. The number of piperidine rings is 3. The Kier molecular flexibility index (Phi) is 4.02. The molecule has 5 nitrogen and oxygen atoms in total. The Balaban J connectivity index is 1.48. The molecular weight excluding hydrogens is 320 g/mol. The fourth-order valence-electron chi connectivity index (χ4n) is 3.92. The summed E-state index contributed by atoms with van der Waals surface area (Å²) in [5, 5.41) is 3.77. The summed E-state index contributed by atoms with van der Waals surface area (Å²) >= 11 is 1.43. The second kappa shape index (κ2) is 6.18. The number of hydrogen-bond donors (Lipinski definition) is 2. The van der Waals surface area contributed by atoms with Gasteiger partial charge < -0.3 is 11.1 Å². The quantitative estimate of drug-likeness (QED) is 0.841. The Morgan fingerprint density at radius 3 is 2.67 bits per heavy atom. The Morgan fingerprint density at radius 2 is 2.00 bits per heavy atom. The molecule has 3 N–H and O–H groups in total. The fourth-order valence-corrected chi connectivity index (χ4v) is 4.74. The van der Waals surface area contributed by atoms with Crippen molar-refractivity contribution < 1.29 is 4.79 Å². The van der Waals surface area contributed by atoms with Crippen LogP contribution in [-0.4, -0.2) is 41.0 Å². The minimum Gasteiger partial charge on any atom is -0.399 e. The Bertz CT molecular complexity index is 732. The molecule has 5 rings (SSSR count). The zero-order valence-electron chi connectivity index (χ0n) is 13.7. The molecule has 0 radical (unpaired) electrons. The third-order valence-electron chi connectivity index (χ3n) is 5.37. The second-order valence-electron chi connectivity index (χ2n) is 6.76. The van der Waals surface area contributed by atoms with E-state index in [0.717, 1.165) is 29.2 Å². The number of benzene rings is 1. The third-order valence-corrected chi connectivity index (χ3v) is 6.42. The molecule has 0 saturated carbocycles. The summed E-state index contributed by atoms with van der Waals surface area (Å²) in [7, 11) is 0. The molecule has 2 atom stereocenters. The highest BCUT2D eigenvalue weighted by Crippen LogP contribution is 2.33. The average molecular weight is 342 g/mol. The maximum atomic E-state index is 12.6. The predicted molar refractivity (Wildman–Crippen MR) is 97.0 cm³/mol. The van der Waals surface area contributed by atoms with Gasteiger partial charge in [-0.05, 0) is 56.5 Å². The number of carbonyl (C=O) groups is 1. The van der Waals surface area contributed by atoms with Crippen molar-refractivity contribution in [2.75, 3.05) is 18.8 Å². The number of aromatic nitrogens is 1. The molecule has 1 aromatic heterocycles. The largest absolute Gasteiger partial charge is 0.399 e. The Hall–Kier alpha value is -1.92. The van der Waals surface area contributed by atoms with E-state index in [-0.39, 0.29) is 11.9 Å². The molecule has 1 amide bonds. The van der Waals surface area contributed by atoms with Crippen molar-refractivity contribution in [3.05, 3.63) is 35.5 Å². The summed E-state index contributed by atoms with van der Waals surface area (Å²) in [5.41, 5.74) is 7.50. The van der Waals surface area contributed by atoms with Gasteiger partial charge in [-0.25, -0.2) is 4.98 Å². The molecule has 1 aromatic carbocycles. The SMILES string of the molecule is CC1C(NC(=O)c2ncc(-c3ccc(N)cc3)s2)C2CCN1CC2. The van der Waals surface area contributed by atoms with Crippen LogP contribution in [-0.2, 0) is 0 Å². The van der Waals surface area contributed by atoms with Gasteiger partial charge in [-0.3, -0.25) is 9.69 Å². The predicted octanol–water partition coefficient (Wildman–Crippen LogP) is 2.60. The van der Waals surface area contributed by atoms with Crippen LogP contribution in [0.3, 0.4) is 0 Å². The van der Waals surface area contributed by atoms with E-state index in [2.05, 4.69) is 22.1 Å². The first-order chi connectivity index (χ1) is 11.6. The number of carbonyl (C=O) groups excluding carboxylic acids is 1. The molecule has 3 fully saturated rings. The van der Waals surface area contributed by atoms with Crippen molar-refractivity contribution in [1.82, 2.24) is 15.2 Å². The number of nitrogens with one attached hydrogen (secondary N) is 1. The number of anilines is 1. The van der Waals surface area contributed by atoms with E-state index in [1.54, 1.807) is 6.20 Å². The van der Waals surface area contributed by atoms with Crippen molar-refractivity contribution in [3.8, 4) is 10.4 Å². The highest BCUT2D eigenvalue weighted by molar-refractivity contribution is 7.16. The maximum absolute atomic E-state index is 12.6. The molecule has 3 saturated heterocycles. The summed E-state index contributed by atoms with van der Waals surface area (Å²) in [4.78, 5) is 20.4. The van der Waals surface area contributed by atoms with Crippen molar-refractivity contribution in [2.24, 2.45) is 5.92 Å². The van der Waals surface area contributed by atoms with Gasteiger partial charge in [0, 0.05) is 24.0 Å². The standard InChI is InChI=1S/C18H22N4OS/c1-11-16(13-6-8-22(11)9-7-13)21-17(23)18-20-10-15(24-18)12-2-4-14(19)5-3-12/h2-5,10-11,13,16H,6-9,19H2,1H3,(H,21,23). The van der Waals surface area contributed by atoms with Crippen LogP contribution in [0.1, 0.15) is 29.6 Å². The first-order valence-electron chi connectivity index (χ1n) is 8.48. The zero-order chi connectivity index (χ0) is 16.7. The molecule has 0 aliphatic carbocycles. The lowest BCUT2D eigenvalue weighted by Crippen LogP contribution is -2.62. The third kappa shape index (κ3) is 2.80. The van der Waals surface area contributed by atoms with Crippen molar-refractivity contribution in [3.63, 3.8) is 0 Å². The highest BCUT2D eigenvalue weighted by Gasteiger charge is 2.40. The molecular formula is C18H22N4OS. The van der Waals surface area contributed by atoms with Gasteiger partial charge >= 0.3 is 0 Å². The second-order valence-corrected chi connectivity index (χ2v) is 7.80.